The first-order chi connectivity index (χ1) is 7.13. The van der Waals surface area contributed by atoms with Crippen molar-refractivity contribution in [3.05, 3.63) is 11.9 Å². The summed E-state index contributed by atoms with van der Waals surface area (Å²) in [6.45, 7) is 0.493. The van der Waals surface area contributed by atoms with Gasteiger partial charge >= 0.3 is 0 Å². The number of Topliss-reactive ketones (excluding diaryl/α,β-unsaturated/α-hetero) is 1. The molecule has 1 atom stereocenters. The summed E-state index contributed by atoms with van der Waals surface area (Å²) in [5, 5.41) is 7.56. The molecular weight excluding hydrogens is 196 g/mol. The van der Waals surface area contributed by atoms with E-state index in [9.17, 15) is 4.79 Å². The molecule has 0 saturated heterocycles. The van der Waals surface area contributed by atoms with Crippen molar-refractivity contribution >= 4 is 5.78 Å². The number of ether oxygens (including phenoxy) is 1. The minimum absolute atomic E-state index is 0.0347. The van der Waals surface area contributed by atoms with Gasteiger partial charge in [0, 0.05) is 27.0 Å². The number of hydrogen-bond donors (Lipinski definition) is 1. The third-order valence-corrected chi connectivity index (χ3v) is 2.05. The molecule has 1 aromatic rings. The van der Waals surface area contributed by atoms with Gasteiger partial charge in [0.05, 0.1) is 18.2 Å². The van der Waals surface area contributed by atoms with Crippen molar-refractivity contribution in [3.8, 4) is 0 Å². The Morgan fingerprint density at radius 1 is 1.73 bits per heavy atom. The van der Waals surface area contributed by atoms with Gasteiger partial charge in [0.2, 0.25) is 0 Å². The first-order valence-corrected chi connectivity index (χ1v) is 4.76. The molecular formula is C9H16N4O2. The Balaban J connectivity index is 2.41. The van der Waals surface area contributed by atoms with E-state index in [4.69, 9.17) is 10.5 Å². The van der Waals surface area contributed by atoms with Gasteiger partial charge in [-0.3, -0.25) is 9.48 Å². The van der Waals surface area contributed by atoms with Crippen LogP contribution in [0.15, 0.2) is 6.20 Å². The van der Waals surface area contributed by atoms with Gasteiger partial charge in [-0.15, -0.1) is 5.10 Å². The molecule has 0 bridgehead atoms. The number of nitrogens with two attached hydrogens (primary N) is 1. The molecule has 0 radical (unpaired) electrons. The van der Waals surface area contributed by atoms with E-state index in [1.54, 1.807) is 25.0 Å². The summed E-state index contributed by atoms with van der Waals surface area (Å²) in [7, 11) is 3.34. The van der Waals surface area contributed by atoms with Crippen molar-refractivity contribution in [1.82, 2.24) is 15.0 Å². The lowest BCUT2D eigenvalue weighted by Crippen LogP contribution is -2.33. The van der Waals surface area contributed by atoms with Crippen LogP contribution in [0.5, 0.6) is 0 Å². The molecule has 1 aromatic heterocycles. The quantitative estimate of drug-likeness (QED) is 0.673. The Kier molecular flexibility index (Phi) is 4.38. The number of ketones is 1. The average Bonchev–Trinajstić information content (AvgIpc) is 2.60. The molecule has 0 amide bonds. The molecule has 0 aliphatic rings. The summed E-state index contributed by atoms with van der Waals surface area (Å²) < 4.78 is 6.41. The topological polar surface area (TPSA) is 83.0 Å². The van der Waals surface area contributed by atoms with Crippen LogP contribution < -0.4 is 5.73 Å². The van der Waals surface area contributed by atoms with Crippen molar-refractivity contribution in [3.63, 3.8) is 0 Å². The summed E-state index contributed by atoms with van der Waals surface area (Å²) in [5.74, 6) is -0.0347. The van der Waals surface area contributed by atoms with Gasteiger partial charge in [-0.2, -0.15) is 0 Å². The molecule has 0 aliphatic heterocycles. The highest BCUT2D eigenvalue weighted by atomic mass is 16.5. The second-order valence-corrected chi connectivity index (χ2v) is 3.41. The third kappa shape index (κ3) is 3.77. The number of methoxy groups -OCH3 is 1. The van der Waals surface area contributed by atoms with Crippen molar-refractivity contribution in [2.24, 2.45) is 12.8 Å². The molecule has 1 unspecified atom stereocenters. The van der Waals surface area contributed by atoms with Gasteiger partial charge in [0.1, 0.15) is 0 Å². The maximum atomic E-state index is 11.6. The van der Waals surface area contributed by atoms with E-state index < -0.39 is 6.04 Å². The van der Waals surface area contributed by atoms with E-state index in [2.05, 4.69) is 10.3 Å². The number of nitrogens with zero attached hydrogens (tertiary/aromatic N) is 3. The molecule has 0 saturated carbocycles. The van der Waals surface area contributed by atoms with E-state index >= 15 is 0 Å². The fourth-order valence-corrected chi connectivity index (χ4v) is 1.19. The minimum Gasteiger partial charge on any atom is -0.385 e. The standard InChI is InChI=1S/C9H16N4O2/c1-13-6-7(11-12-13)5-9(14)8(10)3-4-15-2/h6,8H,3-5,10H2,1-2H3. The van der Waals surface area contributed by atoms with Crippen LogP contribution in [0, 0.1) is 0 Å². The van der Waals surface area contributed by atoms with E-state index in [1.807, 2.05) is 0 Å². The molecule has 1 rings (SSSR count). The zero-order valence-corrected chi connectivity index (χ0v) is 9.01. The van der Waals surface area contributed by atoms with Crippen LogP contribution >= 0.6 is 0 Å². The fraction of sp³-hybridized carbons (Fsp3) is 0.667. The molecule has 6 heteroatoms. The van der Waals surface area contributed by atoms with Crippen molar-refractivity contribution < 1.29 is 9.53 Å². The maximum Gasteiger partial charge on any atom is 0.155 e. The Hall–Kier alpha value is -1.27. The van der Waals surface area contributed by atoms with E-state index in [0.717, 1.165) is 0 Å². The average molecular weight is 212 g/mol. The Bertz CT molecular complexity index is 324. The Morgan fingerprint density at radius 3 is 3.00 bits per heavy atom. The lowest BCUT2D eigenvalue weighted by atomic mass is 10.1. The molecule has 84 valence electrons. The summed E-state index contributed by atoms with van der Waals surface area (Å²) in [6, 6.07) is -0.480. The van der Waals surface area contributed by atoms with Crippen LogP contribution in [-0.4, -0.2) is 40.5 Å². The minimum atomic E-state index is -0.480. The molecule has 6 nitrogen and oxygen atoms in total. The molecule has 0 fully saturated rings. The summed E-state index contributed by atoms with van der Waals surface area (Å²) >= 11 is 0. The number of aryl methyl sites for hydroxylation is 1. The number of hydrogen-bond acceptors (Lipinski definition) is 5. The van der Waals surface area contributed by atoms with Crippen LogP contribution in [0.1, 0.15) is 12.1 Å². The van der Waals surface area contributed by atoms with E-state index in [-0.39, 0.29) is 12.2 Å². The zero-order chi connectivity index (χ0) is 11.3. The lowest BCUT2D eigenvalue weighted by Gasteiger charge is -2.07. The fourth-order valence-electron chi connectivity index (χ4n) is 1.19. The lowest BCUT2D eigenvalue weighted by molar-refractivity contribution is -0.120. The molecule has 1 heterocycles. The molecule has 0 aromatic carbocycles. The highest BCUT2D eigenvalue weighted by molar-refractivity contribution is 5.85. The van der Waals surface area contributed by atoms with E-state index in [1.165, 1.54) is 0 Å². The second-order valence-electron chi connectivity index (χ2n) is 3.41. The van der Waals surface area contributed by atoms with Gasteiger partial charge in [-0.25, -0.2) is 0 Å². The maximum absolute atomic E-state index is 11.6. The summed E-state index contributed by atoms with van der Waals surface area (Å²) in [4.78, 5) is 11.6. The SMILES string of the molecule is COCCC(N)C(=O)Cc1cn(C)nn1. The van der Waals surface area contributed by atoms with Gasteiger partial charge < -0.3 is 10.5 Å². The van der Waals surface area contributed by atoms with Crippen LogP contribution in [0.25, 0.3) is 0 Å². The van der Waals surface area contributed by atoms with Gasteiger partial charge in [-0.05, 0) is 6.42 Å². The normalized spacial score (nSPS) is 12.7. The van der Waals surface area contributed by atoms with E-state index in [0.29, 0.717) is 18.7 Å². The number of aromatic nitrogens is 3. The molecule has 0 spiro atoms. The Morgan fingerprint density at radius 2 is 2.47 bits per heavy atom. The molecule has 2 N–H and O–H groups in total. The molecule has 15 heavy (non-hydrogen) atoms. The first kappa shape index (κ1) is 11.8. The molecule has 0 aliphatic carbocycles. The summed E-state index contributed by atoms with van der Waals surface area (Å²) in [5.41, 5.74) is 6.32. The monoisotopic (exact) mass is 212 g/mol. The number of carbonyl (C=O) groups excluding carboxylic acids is 1. The predicted molar refractivity (Wildman–Crippen MR) is 54.2 cm³/mol. The second kappa shape index (κ2) is 5.57. The van der Waals surface area contributed by atoms with Crippen molar-refractivity contribution in [2.45, 2.75) is 18.9 Å². The largest absolute Gasteiger partial charge is 0.385 e. The van der Waals surface area contributed by atoms with Crippen LogP contribution in [0.4, 0.5) is 0 Å². The van der Waals surface area contributed by atoms with Gasteiger partial charge in [-0.1, -0.05) is 5.21 Å². The van der Waals surface area contributed by atoms with Crippen LogP contribution in [-0.2, 0) is 23.0 Å². The van der Waals surface area contributed by atoms with Crippen molar-refractivity contribution in [1.29, 1.82) is 0 Å². The van der Waals surface area contributed by atoms with Gasteiger partial charge in [0.15, 0.2) is 5.78 Å². The highest BCUT2D eigenvalue weighted by Crippen LogP contribution is 1.99. The third-order valence-electron chi connectivity index (χ3n) is 2.05. The highest BCUT2D eigenvalue weighted by Gasteiger charge is 2.15. The predicted octanol–water partition coefficient (Wildman–Crippen LogP) is -0.709. The van der Waals surface area contributed by atoms with Crippen molar-refractivity contribution in [2.75, 3.05) is 13.7 Å². The van der Waals surface area contributed by atoms with Gasteiger partial charge in [0.25, 0.3) is 0 Å². The van der Waals surface area contributed by atoms with Crippen LogP contribution in [0.2, 0.25) is 0 Å². The smallest absolute Gasteiger partial charge is 0.155 e. The number of carbonyl (C=O) groups is 1. The summed E-state index contributed by atoms with van der Waals surface area (Å²) in [6.07, 6.45) is 2.48. The number of rotatable bonds is 6. The van der Waals surface area contributed by atoms with Crippen LogP contribution in [0.3, 0.4) is 0 Å². The Labute approximate surface area is 88.4 Å². The first-order valence-electron chi connectivity index (χ1n) is 4.76. The zero-order valence-electron chi connectivity index (χ0n) is 9.01.